The van der Waals surface area contributed by atoms with E-state index in [1.54, 1.807) is 19.1 Å². The van der Waals surface area contributed by atoms with E-state index in [-0.39, 0.29) is 41.8 Å². The molecule has 0 unspecified atom stereocenters. The molecule has 0 fully saturated rings. The lowest BCUT2D eigenvalue weighted by Gasteiger charge is -2.25. The Hall–Kier alpha value is -4.88. The monoisotopic (exact) mass is 519 g/mol. The fourth-order valence-corrected chi connectivity index (χ4v) is 3.34. The second-order valence-corrected chi connectivity index (χ2v) is 7.70. The summed E-state index contributed by atoms with van der Waals surface area (Å²) in [6.07, 6.45) is 0. The highest BCUT2D eigenvalue weighted by atomic mass is 16.5. The minimum absolute atomic E-state index is 0.00829. The number of rotatable bonds is 16. The van der Waals surface area contributed by atoms with E-state index in [2.05, 4.69) is 5.18 Å². The molecule has 0 radical (unpaired) electrons. The summed E-state index contributed by atoms with van der Waals surface area (Å²) in [5, 5.41) is 39.4. The van der Waals surface area contributed by atoms with E-state index in [1.807, 2.05) is 0 Å². The minimum atomic E-state index is -1.28. The molecular weight excluding hydrogens is 494 g/mol. The lowest BCUT2D eigenvalue weighted by atomic mass is 10.2. The maximum absolute atomic E-state index is 11.2. The fourth-order valence-electron chi connectivity index (χ4n) is 3.34. The van der Waals surface area contributed by atoms with Gasteiger partial charge in [-0.15, -0.1) is 4.91 Å². The van der Waals surface area contributed by atoms with Crippen LogP contribution in [0.3, 0.4) is 0 Å². The van der Waals surface area contributed by atoms with Crippen molar-refractivity contribution in [3.05, 3.63) is 46.9 Å². The van der Waals surface area contributed by atoms with Gasteiger partial charge in [-0.3, -0.25) is 19.2 Å². The smallest absolute Gasteiger partial charge is 0.323 e. The number of benzene rings is 2. The molecule has 2 aromatic carbocycles. The largest absolute Gasteiger partial charge is 0.488 e. The van der Waals surface area contributed by atoms with Crippen LogP contribution in [0.5, 0.6) is 11.5 Å². The first-order valence-corrected chi connectivity index (χ1v) is 10.7. The molecule has 2 rings (SSSR count). The van der Waals surface area contributed by atoms with Crippen molar-refractivity contribution in [1.82, 2.24) is 0 Å². The number of hydrogen-bond acceptors (Lipinski definition) is 10. The van der Waals surface area contributed by atoms with Crippen molar-refractivity contribution in [2.45, 2.75) is 6.92 Å². The van der Waals surface area contributed by atoms with Crippen LogP contribution in [0.2, 0.25) is 0 Å². The van der Waals surface area contributed by atoms with Gasteiger partial charge in [0.15, 0.2) is 0 Å². The third-order valence-electron chi connectivity index (χ3n) is 4.75. The standard InChI is InChI=1S/C23H25N3O11/c1-14-2-4-16(25(10-20(27)28)11-21(29)30)18(8-14)36-6-7-37-19-9-15(24-35)3-5-17(19)26(12-22(31)32)13-23(33)34/h2-5,8-9H,6-7,10-13H2,1H3,(H,27,28)(H,29,30)(H,31,32)(H,33,34). The molecule has 0 saturated carbocycles. The Balaban J connectivity index is 2.23. The van der Waals surface area contributed by atoms with Crippen molar-refractivity contribution >= 4 is 40.9 Å². The normalized spacial score (nSPS) is 10.3. The van der Waals surface area contributed by atoms with Gasteiger partial charge in [0, 0.05) is 6.07 Å². The van der Waals surface area contributed by atoms with E-state index in [4.69, 9.17) is 29.9 Å². The minimum Gasteiger partial charge on any atom is -0.488 e. The average molecular weight is 519 g/mol. The van der Waals surface area contributed by atoms with Gasteiger partial charge < -0.3 is 39.7 Å². The molecule has 0 atom stereocenters. The van der Waals surface area contributed by atoms with Gasteiger partial charge in [-0.2, -0.15) is 0 Å². The van der Waals surface area contributed by atoms with Crippen LogP contribution in [0, 0.1) is 11.8 Å². The highest BCUT2D eigenvalue weighted by molar-refractivity contribution is 5.82. The van der Waals surface area contributed by atoms with Crippen molar-refractivity contribution < 1.29 is 49.1 Å². The number of aliphatic carboxylic acids is 4. The molecule has 0 aliphatic rings. The van der Waals surface area contributed by atoms with Gasteiger partial charge in [-0.05, 0) is 41.9 Å². The Morgan fingerprint density at radius 2 is 1.11 bits per heavy atom. The summed E-state index contributed by atoms with van der Waals surface area (Å²) in [4.78, 5) is 58.0. The number of hydrogen-bond donors (Lipinski definition) is 4. The number of ether oxygens (including phenoxy) is 2. The molecule has 0 saturated heterocycles. The second kappa shape index (κ2) is 13.3. The third kappa shape index (κ3) is 9.01. The van der Waals surface area contributed by atoms with E-state index < -0.39 is 50.1 Å². The summed E-state index contributed by atoms with van der Waals surface area (Å²) < 4.78 is 11.4. The maximum Gasteiger partial charge on any atom is 0.323 e. The van der Waals surface area contributed by atoms with Crippen LogP contribution in [0.1, 0.15) is 5.56 Å². The molecule has 37 heavy (non-hydrogen) atoms. The van der Waals surface area contributed by atoms with Gasteiger partial charge in [-0.1, -0.05) is 6.07 Å². The van der Waals surface area contributed by atoms with Gasteiger partial charge in [0.25, 0.3) is 0 Å². The zero-order valence-electron chi connectivity index (χ0n) is 19.7. The molecule has 0 amide bonds. The fraction of sp³-hybridized carbons (Fsp3) is 0.304. The molecule has 14 nitrogen and oxygen atoms in total. The lowest BCUT2D eigenvalue weighted by molar-refractivity contribution is -0.138. The second-order valence-electron chi connectivity index (χ2n) is 7.70. The zero-order chi connectivity index (χ0) is 27.5. The number of nitrogens with zero attached hydrogens (tertiary/aromatic N) is 3. The van der Waals surface area contributed by atoms with Gasteiger partial charge in [0.1, 0.15) is 56.6 Å². The Kier molecular flexibility index (Phi) is 10.2. The highest BCUT2D eigenvalue weighted by Gasteiger charge is 2.20. The maximum atomic E-state index is 11.2. The van der Waals surface area contributed by atoms with E-state index in [9.17, 15) is 24.1 Å². The van der Waals surface area contributed by atoms with E-state index >= 15 is 0 Å². The van der Waals surface area contributed by atoms with Crippen LogP contribution in [0.15, 0.2) is 41.6 Å². The first-order valence-electron chi connectivity index (χ1n) is 10.7. The Morgan fingerprint density at radius 1 is 0.703 bits per heavy atom. The van der Waals surface area contributed by atoms with Gasteiger partial charge >= 0.3 is 23.9 Å². The van der Waals surface area contributed by atoms with E-state index in [0.29, 0.717) is 0 Å². The van der Waals surface area contributed by atoms with Gasteiger partial charge in [0.05, 0.1) is 11.4 Å². The summed E-state index contributed by atoms with van der Waals surface area (Å²) in [5.74, 6) is -4.85. The summed E-state index contributed by atoms with van der Waals surface area (Å²) in [6.45, 7) is -0.990. The molecule has 0 aromatic heterocycles. The van der Waals surface area contributed by atoms with Crippen LogP contribution < -0.4 is 19.3 Å². The molecule has 0 heterocycles. The topological polar surface area (TPSA) is 204 Å². The molecule has 0 aliphatic heterocycles. The molecule has 198 valence electrons. The van der Waals surface area contributed by atoms with Crippen LogP contribution in [-0.2, 0) is 19.2 Å². The molecular formula is C23H25N3O11. The van der Waals surface area contributed by atoms with Crippen LogP contribution in [-0.4, -0.2) is 83.7 Å². The predicted octanol–water partition coefficient (Wildman–Crippen LogP) is 1.80. The Bertz CT molecular complexity index is 1140. The number of nitroso groups, excluding NO2 is 1. The molecule has 0 aliphatic carbocycles. The van der Waals surface area contributed by atoms with Crippen molar-refractivity contribution in [2.24, 2.45) is 5.18 Å². The number of anilines is 2. The molecule has 14 heteroatoms. The predicted molar refractivity (Wildman–Crippen MR) is 129 cm³/mol. The first-order chi connectivity index (χ1) is 17.5. The van der Waals surface area contributed by atoms with Crippen LogP contribution >= 0.6 is 0 Å². The highest BCUT2D eigenvalue weighted by Crippen LogP contribution is 2.33. The van der Waals surface area contributed by atoms with Gasteiger partial charge in [0.2, 0.25) is 0 Å². The van der Waals surface area contributed by atoms with Gasteiger partial charge in [-0.25, -0.2) is 0 Å². The quantitative estimate of drug-likeness (QED) is 0.185. The van der Waals surface area contributed by atoms with E-state index in [0.717, 1.165) is 15.4 Å². The first kappa shape index (κ1) is 28.4. The summed E-state index contributed by atoms with van der Waals surface area (Å²) >= 11 is 0. The van der Waals surface area contributed by atoms with Crippen molar-refractivity contribution in [2.75, 3.05) is 49.2 Å². The molecule has 0 spiro atoms. The third-order valence-corrected chi connectivity index (χ3v) is 4.75. The Morgan fingerprint density at radius 3 is 1.51 bits per heavy atom. The van der Waals surface area contributed by atoms with Crippen molar-refractivity contribution in [3.8, 4) is 11.5 Å². The zero-order valence-corrected chi connectivity index (χ0v) is 19.7. The average Bonchev–Trinajstić information content (AvgIpc) is 2.79. The number of carbonyl (C=O) groups is 4. The van der Waals surface area contributed by atoms with Crippen LogP contribution in [0.25, 0.3) is 0 Å². The molecule has 4 N–H and O–H groups in total. The molecule has 2 aromatic rings. The summed E-state index contributed by atoms with van der Waals surface area (Å²) in [5.41, 5.74) is 1.05. The summed E-state index contributed by atoms with van der Waals surface area (Å²) in [6, 6.07) is 8.60. The SMILES string of the molecule is Cc1ccc(N(CC(=O)O)CC(=O)O)c(OCCOc2cc(N=O)ccc2N(CC(=O)O)CC(=O)O)c1. The number of carboxylic acids is 4. The van der Waals surface area contributed by atoms with Crippen molar-refractivity contribution in [3.63, 3.8) is 0 Å². The Labute approximate surface area is 210 Å². The number of carboxylic acid groups (broad SMARTS) is 4. The summed E-state index contributed by atoms with van der Waals surface area (Å²) in [7, 11) is 0. The van der Waals surface area contributed by atoms with E-state index in [1.165, 1.54) is 24.3 Å². The van der Waals surface area contributed by atoms with Crippen LogP contribution in [0.4, 0.5) is 17.1 Å². The number of aryl methyl sites for hydroxylation is 1. The lowest BCUT2D eigenvalue weighted by Crippen LogP contribution is -2.35. The van der Waals surface area contributed by atoms with Crippen molar-refractivity contribution in [1.29, 1.82) is 0 Å². The molecule has 0 bridgehead atoms.